The minimum atomic E-state index is -3.58. The third kappa shape index (κ3) is 9.60. The Kier molecular flexibility index (Phi) is 13.6. The number of rotatable bonds is 15. The van der Waals surface area contributed by atoms with Gasteiger partial charge in [0, 0.05) is 24.9 Å². The van der Waals surface area contributed by atoms with Crippen molar-refractivity contribution in [2.75, 3.05) is 18.8 Å². The molecule has 1 heterocycles. The van der Waals surface area contributed by atoms with Crippen LogP contribution in [0.25, 0.3) is 0 Å². The van der Waals surface area contributed by atoms with Crippen LogP contribution >= 0.6 is 23.2 Å². The number of halogens is 2. The van der Waals surface area contributed by atoms with E-state index in [2.05, 4.69) is 27.8 Å². The standard InChI is InChI=1S/C36H57Cl2N5O7S/c1-6-8-17-25(29(44)31(46)39-20-7-2)40-30(45)28-26-24(36(26,37)38)21-43(28)32(47)27(23-15-11-9-12-16-23)41-33(48)42-35(18-13-10-14-19-35)22-51(49,50)34(3,4)5/h7,23-28H,2,6,8-22H2,1,3-5H3,(H,39,46)(H,40,45)(H2,41,42,48)/t24-,25?,26-,27-,28-/m0/s1. The van der Waals surface area contributed by atoms with Crippen LogP contribution < -0.4 is 21.3 Å². The number of urea groups is 1. The van der Waals surface area contributed by atoms with Gasteiger partial charge in [0.15, 0.2) is 9.84 Å². The first-order valence-electron chi connectivity index (χ1n) is 18.6. The number of amides is 5. The summed E-state index contributed by atoms with van der Waals surface area (Å²) in [6.45, 7) is 10.6. The molecule has 0 aromatic carbocycles. The molecule has 4 rings (SSSR count). The molecular weight excluding hydrogens is 717 g/mol. The van der Waals surface area contributed by atoms with Crippen molar-refractivity contribution in [2.45, 2.75) is 144 Å². The molecule has 3 saturated carbocycles. The summed E-state index contributed by atoms with van der Waals surface area (Å²) in [6, 6.07) is -3.84. The first kappa shape index (κ1) is 41.4. The molecule has 4 N–H and O–H groups in total. The maximum atomic E-state index is 14.6. The van der Waals surface area contributed by atoms with Gasteiger partial charge in [0.1, 0.15) is 16.4 Å². The number of nitrogens with zero attached hydrogens (tertiary/aromatic N) is 1. The second-order valence-electron chi connectivity index (χ2n) is 16.0. The molecule has 1 unspecified atom stereocenters. The Labute approximate surface area is 313 Å². The number of carbonyl (C=O) groups is 5. The van der Waals surface area contributed by atoms with Gasteiger partial charge in [-0.25, -0.2) is 13.2 Å². The largest absolute Gasteiger partial charge is 0.346 e. The topological polar surface area (TPSA) is 171 Å². The van der Waals surface area contributed by atoms with Crippen LogP contribution in [0.2, 0.25) is 0 Å². The minimum absolute atomic E-state index is 0.0856. The number of ketones is 1. The molecule has 5 amide bonds. The Morgan fingerprint density at radius 1 is 0.980 bits per heavy atom. The first-order chi connectivity index (χ1) is 23.9. The fourth-order valence-electron chi connectivity index (χ4n) is 8.04. The minimum Gasteiger partial charge on any atom is -0.346 e. The van der Waals surface area contributed by atoms with E-state index in [1.807, 2.05) is 6.92 Å². The van der Waals surface area contributed by atoms with Gasteiger partial charge in [-0.15, -0.1) is 29.8 Å². The quantitative estimate of drug-likeness (QED) is 0.109. The molecule has 4 aliphatic rings. The van der Waals surface area contributed by atoms with Crippen molar-refractivity contribution in [3.63, 3.8) is 0 Å². The van der Waals surface area contributed by atoms with E-state index in [4.69, 9.17) is 23.2 Å². The Hall–Kier alpha value is -2.38. The zero-order valence-corrected chi connectivity index (χ0v) is 32.9. The van der Waals surface area contributed by atoms with Crippen molar-refractivity contribution >= 4 is 62.6 Å². The van der Waals surface area contributed by atoms with Crippen molar-refractivity contribution in [1.82, 2.24) is 26.2 Å². The van der Waals surface area contributed by atoms with Crippen molar-refractivity contribution in [3.05, 3.63) is 12.7 Å². The summed E-state index contributed by atoms with van der Waals surface area (Å²) in [5.74, 6) is -4.13. The summed E-state index contributed by atoms with van der Waals surface area (Å²) in [7, 11) is -3.58. The molecule has 12 nitrogen and oxygen atoms in total. The summed E-state index contributed by atoms with van der Waals surface area (Å²) in [6.07, 6.45) is 10.6. The van der Waals surface area contributed by atoms with Crippen molar-refractivity contribution in [1.29, 1.82) is 0 Å². The van der Waals surface area contributed by atoms with Crippen LogP contribution in [0.4, 0.5) is 4.79 Å². The van der Waals surface area contributed by atoms with Gasteiger partial charge < -0.3 is 26.2 Å². The molecule has 4 fully saturated rings. The van der Waals surface area contributed by atoms with Gasteiger partial charge in [0.25, 0.3) is 5.91 Å². The lowest BCUT2D eigenvalue weighted by atomic mass is 9.82. The number of hydrogen-bond donors (Lipinski definition) is 4. The molecule has 0 aromatic rings. The molecule has 3 aliphatic carbocycles. The first-order valence-corrected chi connectivity index (χ1v) is 21.0. The lowest BCUT2D eigenvalue weighted by Gasteiger charge is -2.41. The highest BCUT2D eigenvalue weighted by Gasteiger charge is 2.74. The fraction of sp³-hybridized carbons (Fsp3) is 0.806. The maximum Gasteiger partial charge on any atom is 0.315 e. The van der Waals surface area contributed by atoms with Crippen LogP contribution in [0.1, 0.15) is 111 Å². The number of unbranched alkanes of at least 4 members (excludes halogenated alkanes) is 1. The SMILES string of the molecule is C=CCNC(=O)C(=O)C(CCCC)NC(=O)[C@@H]1[C@@H]2[C@H](CN1C(=O)[C@@H](NC(=O)NC1(CS(=O)(=O)C(C)(C)C)CCCCC1)C1CCCCC1)C2(Cl)Cl. The van der Waals surface area contributed by atoms with Crippen molar-refractivity contribution < 1.29 is 32.4 Å². The zero-order chi connectivity index (χ0) is 37.8. The number of alkyl halides is 2. The zero-order valence-electron chi connectivity index (χ0n) is 30.5. The number of nitrogens with one attached hydrogen (secondary N) is 4. The van der Waals surface area contributed by atoms with Crippen LogP contribution in [0.3, 0.4) is 0 Å². The van der Waals surface area contributed by atoms with E-state index in [0.717, 1.165) is 44.9 Å². The van der Waals surface area contributed by atoms with Crippen LogP contribution in [0, 0.1) is 17.8 Å². The van der Waals surface area contributed by atoms with Crippen molar-refractivity contribution in [2.24, 2.45) is 17.8 Å². The molecular formula is C36H57Cl2N5O7S. The highest BCUT2D eigenvalue weighted by molar-refractivity contribution is 7.92. The molecule has 0 spiro atoms. The number of sulfone groups is 1. The number of hydrogen-bond acceptors (Lipinski definition) is 7. The van der Waals surface area contributed by atoms with Gasteiger partial charge in [-0.1, -0.05) is 64.4 Å². The summed E-state index contributed by atoms with van der Waals surface area (Å²) in [4.78, 5) is 69.7. The van der Waals surface area contributed by atoms with Gasteiger partial charge >= 0.3 is 6.03 Å². The Balaban J connectivity index is 1.58. The predicted octanol–water partition coefficient (Wildman–Crippen LogP) is 4.33. The fourth-order valence-corrected chi connectivity index (χ4v) is 10.4. The lowest BCUT2D eigenvalue weighted by Crippen LogP contribution is -2.63. The van der Waals surface area contributed by atoms with Crippen molar-refractivity contribution in [3.8, 4) is 0 Å². The summed E-state index contributed by atoms with van der Waals surface area (Å²) in [5, 5.41) is 11.2. The number of Topliss-reactive ketones (excluding diaryl/α,β-unsaturated/α-hetero) is 1. The van der Waals surface area contributed by atoms with Gasteiger partial charge in [0.05, 0.1) is 22.1 Å². The summed E-state index contributed by atoms with van der Waals surface area (Å²) in [5.41, 5.74) is -0.971. The molecule has 288 valence electrons. The smallest absolute Gasteiger partial charge is 0.315 e. The third-order valence-corrected chi connectivity index (χ3v) is 15.1. The summed E-state index contributed by atoms with van der Waals surface area (Å²) < 4.78 is 24.5. The molecule has 0 bridgehead atoms. The van der Waals surface area contributed by atoms with Crippen LogP contribution in [0.5, 0.6) is 0 Å². The van der Waals surface area contributed by atoms with E-state index in [-0.39, 0.29) is 31.2 Å². The predicted molar refractivity (Wildman–Crippen MR) is 198 cm³/mol. The normalized spacial score (nSPS) is 25.5. The van der Waals surface area contributed by atoms with E-state index in [0.29, 0.717) is 32.1 Å². The van der Waals surface area contributed by atoms with Crippen LogP contribution in [0.15, 0.2) is 12.7 Å². The molecule has 5 atom stereocenters. The monoisotopic (exact) mass is 773 g/mol. The van der Waals surface area contributed by atoms with E-state index in [9.17, 15) is 32.4 Å². The Morgan fingerprint density at radius 2 is 1.61 bits per heavy atom. The molecule has 51 heavy (non-hydrogen) atoms. The Morgan fingerprint density at radius 3 is 2.20 bits per heavy atom. The molecule has 15 heteroatoms. The number of carbonyl (C=O) groups excluding carboxylic acids is 5. The van der Waals surface area contributed by atoms with Gasteiger partial charge in [0.2, 0.25) is 17.6 Å². The van der Waals surface area contributed by atoms with Gasteiger partial charge in [-0.05, 0) is 58.8 Å². The van der Waals surface area contributed by atoms with E-state index >= 15 is 0 Å². The molecule has 0 aromatic heterocycles. The number of fused-ring (bicyclic) bond motifs is 1. The average Bonchev–Trinajstić information content (AvgIpc) is 3.38. The average molecular weight is 775 g/mol. The third-order valence-electron chi connectivity index (χ3n) is 11.3. The lowest BCUT2D eigenvalue weighted by molar-refractivity contribution is -0.144. The highest BCUT2D eigenvalue weighted by Crippen LogP contribution is 2.65. The molecule has 1 saturated heterocycles. The highest BCUT2D eigenvalue weighted by atomic mass is 35.5. The van der Waals surface area contributed by atoms with E-state index in [1.54, 1.807) is 20.8 Å². The number of likely N-dealkylation sites (tertiary alicyclic amines) is 1. The second kappa shape index (κ2) is 16.7. The van der Waals surface area contributed by atoms with Crippen LogP contribution in [-0.2, 0) is 29.0 Å². The van der Waals surface area contributed by atoms with Gasteiger partial charge in [-0.2, -0.15) is 0 Å². The second-order valence-corrected chi connectivity index (χ2v) is 20.2. The maximum absolute atomic E-state index is 14.6. The Bertz CT molecular complexity index is 1440. The summed E-state index contributed by atoms with van der Waals surface area (Å²) >= 11 is 13.2. The van der Waals surface area contributed by atoms with Crippen LogP contribution in [-0.4, -0.2) is 94.4 Å². The number of piperidine rings is 1. The van der Waals surface area contributed by atoms with E-state index in [1.165, 1.54) is 11.0 Å². The van der Waals surface area contributed by atoms with Gasteiger partial charge in [-0.3, -0.25) is 19.2 Å². The molecule has 0 radical (unpaired) electrons. The molecule has 1 aliphatic heterocycles. The van der Waals surface area contributed by atoms with E-state index < -0.39 is 84.0 Å².